The summed E-state index contributed by atoms with van der Waals surface area (Å²) >= 11 is 0. The van der Waals surface area contributed by atoms with E-state index in [0.717, 1.165) is 5.56 Å². The Kier molecular flexibility index (Phi) is 5.68. The van der Waals surface area contributed by atoms with E-state index < -0.39 is 27.9 Å². The molecule has 106 valence electrons. The first-order valence-electron chi connectivity index (χ1n) is 5.37. The van der Waals surface area contributed by atoms with Crippen LogP contribution >= 0.6 is 10.7 Å². The number of hydrogen-bond acceptors (Lipinski definition) is 3. The maximum Gasteiger partial charge on any atom is 0.261 e. The van der Waals surface area contributed by atoms with Crippen LogP contribution in [0.4, 0.5) is 8.78 Å². The van der Waals surface area contributed by atoms with E-state index in [-0.39, 0.29) is 11.3 Å². The van der Waals surface area contributed by atoms with Crippen molar-refractivity contribution in [3.63, 3.8) is 0 Å². The molecule has 0 aromatic heterocycles. The van der Waals surface area contributed by atoms with Gasteiger partial charge in [-0.2, -0.15) is 0 Å². The van der Waals surface area contributed by atoms with Crippen LogP contribution in [0.5, 0.6) is 0 Å². The summed E-state index contributed by atoms with van der Waals surface area (Å²) in [5, 5.41) is 2.08. The Balaban J connectivity index is 2.48. The minimum absolute atomic E-state index is 0.0277. The van der Waals surface area contributed by atoms with Gasteiger partial charge in [-0.25, -0.2) is 17.2 Å². The van der Waals surface area contributed by atoms with Gasteiger partial charge in [0.05, 0.1) is 11.4 Å². The Hall–Kier alpha value is -1.21. The molecule has 1 rings (SSSR count). The van der Waals surface area contributed by atoms with E-state index in [4.69, 9.17) is 10.7 Å². The number of hydrogen-bond donors (Lipinski definition) is 1. The van der Waals surface area contributed by atoms with Crippen LogP contribution in [0.1, 0.15) is 12.0 Å². The van der Waals surface area contributed by atoms with Crippen molar-refractivity contribution in [1.82, 2.24) is 5.32 Å². The second-order valence-corrected chi connectivity index (χ2v) is 6.34. The van der Waals surface area contributed by atoms with E-state index in [1.807, 2.05) is 0 Å². The molecule has 0 saturated carbocycles. The fourth-order valence-corrected chi connectivity index (χ4v) is 2.13. The summed E-state index contributed by atoms with van der Waals surface area (Å²) < 4.78 is 45.6. The van der Waals surface area contributed by atoms with Crippen molar-refractivity contribution < 1.29 is 22.0 Å². The minimum atomic E-state index is -3.76. The summed E-state index contributed by atoms with van der Waals surface area (Å²) in [7, 11) is 1.39. The molecule has 0 heterocycles. The normalized spacial score (nSPS) is 11.6. The largest absolute Gasteiger partial charge is 0.350 e. The zero-order chi connectivity index (χ0) is 14.5. The molecule has 4 nitrogen and oxygen atoms in total. The number of aryl methyl sites for hydroxylation is 1. The lowest BCUT2D eigenvalue weighted by atomic mass is 10.1. The first kappa shape index (κ1) is 15.8. The summed E-state index contributed by atoms with van der Waals surface area (Å²) in [6.45, 7) is -0.664. The van der Waals surface area contributed by atoms with Crippen LogP contribution in [-0.4, -0.2) is 27.3 Å². The van der Waals surface area contributed by atoms with E-state index in [9.17, 15) is 22.0 Å². The number of rotatable bonds is 6. The van der Waals surface area contributed by atoms with Crippen LogP contribution in [0.15, 0.2) is 29.2 Å². The number of amides is 1. The van der Waals surface area contributed by atoms with Crippen molar-refractivity contribution in [2.75, 3.05) is 6.54 Å². The minimum Gasteiger partial charge on any atom is -0.350 e. The van der Waals surface area contributed by atoms with Crippen LogP contribution in [0.3, 0.4) is 0 Å². The summed E-state index contributed by atoms with van der Waals surface area (Å²) in [6.07, 6.45) is -2.19. The van der Waals surface area contributed by atoms with Crippen LogP contribution in [0.25, 0.3) is 0 Å². The van der Waals surface area contributed by atoms with E-state index in [1.165, 1.54) is 24.3 Å². The molecule has 0 unspecified atom stereocenters. The van der Waals surface area contributed by atoms with Crippen molar-refractivity contribution in [3.05, 3.63) is 29.8 Å². The highest BCUT2D eigenvalue weighted by molar-refractivity contribution is 8.13. The van der Waals surface area contributed by atoms with Gasteiger partial charge in [-0.3, -0.25) is 4.79 Å². The summed E-state index contributed by atoms with van der Waals surface area (Å²) in [5.74, 6) is -0.477. The van der Waals surface area contributed by atoms with Gasteiger partial charge in [-0.05, 0) is 24.1 Å². The molecular formula is C11H12ClF2NO3S. The van der Waals surface area contributed by atoms with Gasteiger partial charge in [0, 0.05) is 17.1 Å². The maximum absolute atomic E-state index is 11.8. The Labute approximate surface area is 114 Å². The average Bonchev–Trinajstić information content (AvgIpc) is 2.33. The quantitative estimate of drug-likeness (QED) is 0.817. The predicted octanol–water partition coefficient (Wildman–Crippen LogP) is 1.93. The zero-order valence-electron chi connectivity index (χ0n) is 9.77. The van der Waals surface area contributed by atoms with Crippen molar-refractivity contribution in [3.8, 4) is 0 Å². The lowest BCUT2D eigenvalue weighted by Gasteiger charge is -2.05. The molecule has 0 aliphatic heterocycles. The van der Waals surface area contributed by atoms with Gasteiger partial charge >= 0.3 is 0 Å². The molecule has 0 radical (unpaired) electrons. The first-order valence-corrected chi connectivity index (χ1v) is 7.68. The number of carbonyl (C=O) groups excluding carboxylic acids is 1. The highest BCUT2D eigenvalue weighted by atomic mass is 35.7. The third kappa shape index (κ3) is 5.98. The topological polar surface area (TPSA) is 63.2 Å². The number of nitrogens with one attached hydrogen (secondary N) is 1. The van der Waals surface area contributed by atoms with Gasteiger partial charge in [0.2, 0.25) is 5.91 Å². The van der Waals surface area contributed by atoms with Crippen LogP contribution < -0.4 is 5.32 Å². The Morgan fingerprint density at radius 2 is 1.84 bits per heavy atom. The van der Waals surface area contributed by atoms with Gasteiger partial charge in [0.1, 0.15) is 0 Å². The molecule has 1 aromatic carbocycles. The van der Waals surface area contributed by atoms with E-state index in [0.29, 0.717) is 6.42 Å². The Bertz CT molecular complexity index is 531. The third-order valence-electron chi connectivity index (χ3n) is 2.30. The van der Waals surface area contributed by atoms with Crippen LogP contribution in [0, 0.1) is 0 Å². The monoisotopic (exact) mass is 311 g/mol. The molecule has 1 N–H and O–H groups in total. The molecule has 0 fully saturated rings. The van der Waals surface area contributed by atoms with Gasteiger partial charge in [0.15, 0.2) is 0 Å². The smallest absolute Gasteiger partial charge is 0.261 e. The lowest BCUT2D eigenvalue weighted by Crippen LogP contribution is -2.28. The van der Waals surface area contributed by atoms with Crippen molar-refractivity contribution in [1.29, 1.82) is 0 Å². The molecule has 0 spiro atoms. The molecule has 0 bridgehead atoms. The SMILES string of the molecule is O=C(CCc1ccc(S(=O)(=O)Cl)cc1)NCC(F)F. The van der Waals surface area contributed by atoms with Crippen molar-refractivity contribution in [2.24, 2.45) is 0 Å². The van der Waals surface area contributed by atoms with Crippen LogP contribution in [-0.2, 0) is 20.3 Å². The fourth-order valence-electron chi connectivity index (χ4n) is 1.36. The van der Waals surface area contributed by atoms with E-state index in [1.54, 1.807) is 0 Å². The second kappa shape index (κ2) is 6.81. The van der Waals surface area contributed by atoms with Gasteiger partial charge in [-0.1, -0.05) is 12.1 Å². The van der Waals surface area contributed by atoms with E-state index >= 15 is 0 Å². The lowest BCUT2D eigenvalue weighted by molar-refractivity contribution is -0.121. The molecular weight excluding hydrogens is 300 g/mol. The highest BCUT2D eigenvalue weighted by Gasteiger charge is 2.10. The predicted molar refractivity (Wildman–Crippen MR) is 66.8 cm³/mol. The van der Waals surface area contributed by atoms with Crippen LogP contribution in [0.2, 0.25) is 0 Å². The standard InChI is InChI=1S/C11H12ClF2NO3S/c12-19(17,18)9-4-1-8(2-5-9)3-6-11(16)15-7-10(13)14/h1-2,4-5,10H,3,6-7H2,(H,15,16). The average molecular weight is 312 g/mol. The fraction of sp³-hybridized carbons (Fsp3) is 0.364. The number of carbonyl (C=O) groups is 1. The molecule has 1 amide bonds. The Morgan fingerprint density at radius 3 is 2.32 bits per heavy atom. The molecule has 0 aliphatic carbocycles. The molecule has 1 aromatic rings. The molecule has 0 aliphatic rings. The zero-order valence-corrected chi connectivity index (χ0v) is 11.3. The number of benzene rings is 1. The second-order valence-electron chi connectivity index (χ2n) is 3.78. The number of alkyl halides is 2. The van der Waals surface area contributed by atoms with Gasteiger partial charge in [-0.15, -0.1) is 0 Å². The molecule has 8 heteroatoms. The van der Waals surface area contributed by atoms with Crippen molar-refractivity contribution in [2.45, 2.75) is 24.2 Å². The molecule has 0 saturated heterocycles. The molecule has 19 heavy (non-hydrogen) atoms. The Morgan fingerprint density at radius 1 is 1.26 bits per heavy atom. The molecule has 0 atom stereocenters. The van der Waals surface area contributed by atoms with E-state index in [2.05, 4.69) is 5.32 Å². The maximum atomic E-state index is 11.8. The summed E-state index contributed by atoms with van der Waals surface area (Å²) in [4.78, 5) is 11.2. The van der Waals surface area contributed by atoms with Gasteiger partial charge in [0.25, 0.3) is 15.5 Å². The highest BCUT2D eigenvalue weighted by Crippen LogP contribution is 2.15. The van der Waals surface area contributed by atoms with Gasteiger partial charge < -0.3 is 5.32 Å². The first-order chi connectivity index (χ1) is 8.79. The third-order valence-corrected chi connectivity index (χ3v) is 3.67. The number of halogens is 3. The summed E-state index contributed by atoms with van der Waals surface area (Å²) in [5.41, 5.74) is 0.719. The van der Waals surface area contributed by atoms with Crippen molar-refractivity contribution >= 4 is 25.6 Å². The summed E-state index contributed by atoms with van der Waals surface area (Å²) in [6, 6.07) is 5.70.